The van der Waals surface area contributed by atoms with Gasteiger partial charge in [0.05, 0.1) is 24.6 Å². The van der Waals surface area contributed by atoms with Gasteiger partial charge in [0.25, 0.3) is 0 Å². The van der Waals surface area contributed by atoms with Crippen molar-refractivity contribution < 1.29 is 22.7 Å². The van der Waals surface area contributed by atoms with E-state index in [2.05, 4.69) is 5.32 Å². The van der Waals surface area contributed by atoms with E-state index in [-0.39, 0.29) is 18.9 Å². The lowest BCUT2D eigenvalue weighted by atomic mass is 10.1. The molecule has 2 aromatic rings. The zero-order chi connectivity index (χ0) is 21.6. The van der Waals surface area contributed by atoms with Gasteiger partial charge < -0.3 is 10.1 Å². The average Bonchev–Trinajstić information content (AvgIpc) is 2.66. The molecule has 0 heterocycles. The first kappa shape index (κ1) is 22.4. The van der Waals surface area contributed by atoms with E-state index in [1.807, 2.05) is 26.0 Å². The summed E-state index contributed by atoms with van der Waals surface area (Å²) in [5, 5.41) is 2.78. The largest absolute Gasteiger partial charge is 0.465 e. The first-order valence-electron chi connectivity index (χ1n) is 9.15. The van der Waals surface area contributed by atoms with E-state index < -0.39 is 16.0 Å². The molecule has 0 aliphatic rings. The van der Waals surface area contributed by atoms with Crippen LogP contribution in [0.2, 0.25) is 0 Å². The summed E-state index contributed by atoms with van der Waals surface area (Å²) in [6.07, 6.45) is 1.64. The number of methoxy groups -OCH3 is 1. The van der Waals surface area contributed by atoms with Crippen molar-refractivity contribution in [2.24, 2.45) is 0 Å². The normalized spacial score (nSPS) is 11.0. The molecule has 0 spiro atoms. The summed E-state index contributed by atoms with van der Waals surface area (Å²) in [7, 11) is -2.18. The minimum atomic E-state index is -3.47. The van der Waals surface area contributed by atoms with Crippen LogP contribution in [0.15, 0.2) is 42.5 Å². The Labute approximate surface area is 171 Å². The van der Waals surface area contributed by atoms with Gasteiger partial charge in [-0.1, -0.05) is 24.3 Å². The molecule has 0 fully saturated rings. The SMILES string of the molecule is COC(=O)c1ccc(C)c(NC(=O)CCCN(c2ccccc2C)S(C)(=O)=O)c1. The number of aryl methyl sites for hydroxylation is 2. The van der Waals surface area contributed by atoms with Crippen LogP contribution in [0.3, 0.4) is 0 Å². The van der Waals surface area contributed by atoms with E-state index in [4.69, 9.17) is 4.74 Å². The Kier molecular flexibility index (Phi) is 7.39. The zero-order valence-corrected chi connectivity index (χ0v) is 17.9. The number of sulfonamides is 1. The molecule has 7 nitrogen and oxygen atoms in total. The maximum absolute atomic E-state index is 12.4. The molecule has 0 saturated carbocycles. The number of carbonyl (C=O) groups excluding carboxylic acids is 2. The van der Waals surface area contributed by atoms with Gasteiger partial charge in [0.2, 0.25) is 15.9 Å². The Balaban J connectivity index is 2.03. The van der Waals surface area contributed by atoms with Crippen molar-refractivity contribution in [2.75, 3.05) is 29.5 Å². The number of amides is 1. The summed E-state index contributed by atoms with van der Waals surface area (Å²) in [5.41, 5.74) is 3.13. The molecule has 0 saturated heterocycles. The van der Waals surface area contributed by atoms with Gasteiger partial charge in [-0.2, -0.15) is 0 Å². The van der Waals surface area contributed by atoms with Gasteiger partial charge in [-0.3, -0.25) is 9.10 Å². The van der Waals surface area contributed by atoms with Gasteiger partial charge in [0, 0.05) is 18.7 Å². The number of ether oxygens (including phenoxy) is 1. The van der Waals surface area contributed by atoms with Gasteiger partial charge in [0.15, 0.2) is 0 Å². The van der Waals surface area contributed by atoms with Crippen molar-refractivity contribution in [1.82, 2.24) is 0 Å². The van der Waals surface area contributed by atoms with Crippen molar-refractivity contribution in [2.45, 2.75) is 26.7 Å². The van der Waals surface area contributed by atoms with E-state index in [1.165, 1.54) is 11.4 Å². The molecule has 0 atom stereocenters. The fourth-order valence-electron chi connectivity index (χ4n) is 2.91. The lowest BCUT2D eigenvalue weighted by molar-refractivity contribution is -0.116. The molecule has 0 radical (unpaired) electrons. The second kappa shape index (κ2) is 9.56. The maximum atomic E-state index is 12.4. The Hall–Kier alpha value is -2.87. The van der Waals surface area contributed by atoms with Gasteiger partial charge >= 0.3 is 5.97 Å². The average molecular weight is 419 g/mol. The minimum Gasteiger partial charge on any atom is -0.465 e. The van der Waals surface area contributed by atoms with Crippen LogP contribution in [0.25, 0.3) is 0 Å². The fourth-order valence-corrected chi connectivity index (χ4v) is 3.93. The lowest BCUT2D eigenvalue weighted by Gasteiger charge is -2.24. The fraction of sp³-hybridized carbons (Fsp3) is 0.333. The monoisotopic (exact) mass is 418 g/mol. The molecule has 2 rings (SSSR count). The molecule has 0 unspecified atom stereocenters. The molecule has 8 heteroatoms. The Bertz CT molecular complexity index is 1000. The van der Waals surface area contributed by atoms with Crippen LogP contribution < -0.4 is 9.62 Å². The molecule has 29 heavy (non-hydrogen) atoms. The summed E-state index contributed by atoms with van der Waals surface area (Å²) < 4.78 is 30.4. The van der Waals surface area contributed by atoms with E-state index in [0.29, 0.717) is 23.4 Å². The number of hydrogen-bond donors (Lipinski definition) is 1. The first-order chi connectivity index (χ1) is 13.6. The number of nitrogens with one attached hydrogen (secondary N) is 1. The van der Waals surface area contributed by atoms with E-state index in [1.54, 1.807) is 30.3 Å². The topological polar surface area (TPSA) is 92.8 Å². The third-order valence-electron chi connectivity index (χ3n) is 4.48. The summed E-state index contributed by atoms with van der Waals surface area (Å²) in [4.78, 5) is 24.0. The molecule has 1 N–H and O–H groups in total. The molecule has 0 aliphatic carbocycles. The number of hydrogen-bond acceptors (Lipinski definition) is 5. The molecule has 2 aromatic carbocycles. The minimum absolute atomic E-state index is 0.139. The predicted octanol–water partition coefficient (Wildman–Crippen LogP) is 3.27. The highest BCUT2D eigenvalue weighted by Crippen LogP contribution is 2.23. The third-order valence-corrected chi connectivity index (χ3v) is 5.66. The maximum Gasteiger partial charge on any atom is 0.337 e. The molecule has 156 valence electrons. The van der Waals surface area contributed by atoms with Crippen LogP contribution in [0.1, 0.15) is 34.3 Å². The number of rotatable bonds is 8. The van der Waals surface area contributed by atoms with Gasteiger partial charge in [-0.25, -0.2) is 13.2 Å². The molecule has 0 aliphatic heterocycles. The second-order valence-corrected chi connectivity index (χ2v) is 8.70. The number of benzene rings is 2. The number of esters is 1. The van der Waals surface area contributed by atoms with E-state index in [0.717, 1.165) is 17.4 Å². The van der Waals surface area contributed by atoms with E-state index in [9.17, 15) is 18.0 Å². The highest BCUT2D eigenvalue weighted by Gasteiger charge is 2.19. The number of carbonyl (C=O) groups is 2. The summed E-state index contributed by atoms with van der Waals surface area (Å²) in [6.45, 7) is 3.86. The quantitative estimate of drug-likeness (QED) is 0.664. The molecule has 1 amide bonds. The standard InChI is InChI=1S/C21H26N2O5S/c1-15-11-12-17(21(25)28-3)14-18(15)22-20(24)10-7-13-23(29(4,26)27)19-9-6-5-8-16(19)2/h5-6,8-9,11-12,14H,7,10,13H2,1-4H3,(H,22,24). The summed E-state index contributed by atoms with van der Waals surface area (Å²) in [5.74, 6) is -0.740. The summed E-state index contributed by atoms with van der Waals surface area (Å²) in [6, 6.07) is 12.1. The number of nitrogens with zero attached hydrogens (tertiary/aromatic N) is 1. The van der Waals surface area contributed by atoms with Crippen molar-refractivity contribution in [1.29, 1.82) is 0 Å². The number of para-hydroxylation sites is 1. The third kappa shape index (κ3) is 6.05. The van der Waals surface area contributed by atoms with Gasteiger partial charge in [0.1, 0.15) is 0 Å². The van der Waals surface area contributed by atoms with Crippen LogP contribution >= 0.6 is 0 Å². The molecular formula is C21H26N2O5S. The Morgan fingerprint density at radius 3 is 2.38 bits per heavy atom. The van der Waals surface area contributed by atoms with Crippen molar-refractivity contribution >= 4 is 33.3 Å². The van der Waals surface area contributed by atoms with Crippen molar-refractivity contribution in [3.63, 3.8) is 0 Å². The smallest absolute Gasteiger partial charge is 0.337 e. The van der Waals surface area contributed by atoms with Crippen LogP contribution in [-0.4, -0.2) is 40.2 Å². The van der Waals surface area contributed by atoms with Crippen molar-refractivity contribution in [3.05, 3.63) is 59.2 Å². The van der Waals surface area contributed by atoms with Crippen LogP contribution in [0.4, 0.5) is 11.4 Å². The van der Waals surface area contributed by atoms with Crippen LogP contribution in [-0.2, 0) is 19.6 Å². The second-order valence-electron chi connectivity index (χ2n) is 6.79. The number of anilines is 2. The lowest BCUT2D eigenvalue weighted by Crippen LogP contribution is -2.32. The highest BCUT2D eigenvalue weighted by molar-refractivity contribution is 7.92. The predicted molar refractivity (Wildman–Crippen MR) is 114 cm³/mol. The van der Waals surface area contributed by atoms with Crippen molar-refractivity contribution in [3.8, 4) is 0 Å². The molecule has 0 bridgehead atoms. The highest BCUT2D eigenvalue weighted by atomic mass is 32.2. The van der Waals surface area contributed by atoms with Gasteiger partial charge in [-0.15, -0.1) is 0 Å². The molecular weight excluding hydrogens is 392 g/mol. The van der Waals surface area contributed by atoms with Gasteiger partial charge in [-0.05, 0) is 49.6 Å². The van der Waals surface area contributed by atoms with Crippen LogP contribution in [0.5, 0.6) is 0 Å². The Morgan fingerprint density at radius 2 is 1.76 bits per heavy atom. The van der Waals surface area contributed by atoms with Crippen LogP contribution in [0, 0.1) is 13.8 Å². The molecule has 0 aromatic heterocycles. The summed E-state index contributed by atoms with van der Waals surface area (Å²) >= 11 is 0. The van der Waals surface area contributed by atoms with E-state index >= 15 is 0 Å². The Morgan fingerprint density at radius 1 is 1.07 bits per heavy atom. The zero-order valence-electron chi connectivity index (χ0n) is 17.1. The first-order valence-corrected chi connectivity index (χ1v) is 11.0.